The SMILES string of the molecule is CCCCCCCCCCCCCCCC[N+](C)(C)C.C[Si]1(C)CCCCO1.[Br-]. The zero-order valence-electron chi connectivity index (χ0n) is 21.2. The first-order valence-corrected chi connectivity index (χ1v) is 15.8. The number of halogens is 1. The van der Waals surface area contributed by atoms with Crippen LogP contribution in [0.15, 0.2) is 0 Å². The molecule has 0 aromatic heterocycles. The summed E-state index contributed by atoms with van der Waals surface area (Å²) in [7, 11) is 5.79. The van der Waals surface area contributed by atoms with Crippen molar-refractivity contribution in [1.82, 2.24) is 0 Å². The Labute approximate surface area is 197 Å². The fourth-order valence-corrected chi connectivity index (χ4v) is 5.80. The van der Waals surface area contributed by atoms with E-state index in [4.69, 9.17) is 4.43 Å². The number of nitrogens with zero attached hydrogens (tertiary/aromatic N) is 1. The maximum Gasteiger partial charge on any atom is 0.186 e. The highest BCUT2D eigenvalue weighted by Crippen LogP contribution is 2.20. The predicted molar refractivity (Wildman–Crippen MR) is 131 cm³/mol. The molecule has 0 aliphatic carbocycles. The van der Waals surface area contributed by atoms with Gasteiger partial charge in [-0.15, -0.1) is 0 Å². The van der Waals surface area contributed by atoms with Crippen LogP contribution in [0.3, 0.4) is 0 Å². The van der Waals surface area contributed by atoms with E-state index in [9.17, 15) is 0 Å². The van der Waals surface area contributed by atoms with Gasteiger partial charge in [-0.25, -0.2) is 0 Å². The van der Waals surface area contributed by atoms with Gasteiger partial charge in [0.15, 0.2) is 8.32 Å². The van der Waals surface area contributed by atoms with Crippen molar-refractivity contribution >= 4 is 8.32 Å². The maximum atomic E-state index is 5.60. The Morgan fingerprint density at radius 3 is 1.34 bits per heavy atom. The standard InChI is InChI=1S/C19H42N.C6H14OSi.BrH/c1-5-6-7-8-9-10-11-12-13-14-15-16-17-18-19-20(2,3)4;1-8(2)6-4-3-5-7-8;/h5-19H2,1-4H3;3-6H2,1-2H3;1H/q+1;;/p-1. The molecule has 2 nitrogen and oxygen atoms in total. The topological polar surface area (TPSA) is 9.23 Å². The summed E-state index contributed by atoms with van der Waals surface area (Å²) in [6.45, 7) is 9.25. The van der Waals surface area contributed by atoms with Crippen LogP contribution in [-0.2, 0) is 4.43 Å². The summed E-state index contributed by atoms with van der Waals surface area (Å²) in [5.74, 6) is 0. The Bertz CT molecular complexity index is 323. The molecule has 1 saturated heterocycles. The second-order valence-electron chi connectivity index (χ2n) is 10.7. The Balaban J connectivity index is 0. The lowest BCUT2D eigenvalue weighted by Gasteiger charge is -2.27. The number of rotatable bonds is 15. The van der Waals surface area contributed by atoms with Crippen LogP contribution in [0.2, 0.25) is 19.1 Å². The van der Waals surface area contributed by atoms with Crippen molar-refractivity contribution in [3.05, 3.63) is 0 Å². The number of unbranched alkanes of at least 4 members (excludes halogenated alkanes) is 13. The largest absolute Gasteiger partial charge is 1.00 e. The fourth-order valence-electron chi connectivity index (χ4n) is 3.85. The van der Waals surface area contributed by atoms with Gasteiger partial charge < -0.3 is 25.9 Å². The van der Waals surface area contributed by atoms with Gasteiger partial charge in [0.25, 0.3) is 0 Å². The third-order valence-corrected chi connectivity index (χ3v) is 8.39. The first-order chi connectivity index (χ1) is 13.3. The molecule has 4 heteroatoms. The van der Waals surface area contributed by atoms with Crippen LogP contribution in [0.25, 0.3) is 0 Å². The van der Waals surface area contributed by atoms with Crippen molar-refractivity contribution in [3.63, 3.8) is 0 Å². The van der Waals surface area contributed by atoms with Gasteiger partial charge in [-0.05, 0) is 38.4 Å². The van der Waals surface area contributed by atoms with Crippen molar-refractivity contribution in [2.75, 3.05) is 34.3 Å². The number of hydrogen-bond donors (Lipinski definition) is 0. The van der Waals surface area contributed by atoms with E-state index >= 15 is 0 Å². The molecule has 0 aromatic carbocycles. The van der Waals surface area contributed by atoms with Gasteiger partial charge in [0.05, 0.1) is 27.7 Å². The number of quaternary nitrogens is 1. The third kappa shape index (κ3) is 26.6. The van der Waals surface area contributed by atoms with Crippen LogP contribution < -0.4 is 17.0 Å². The lowest BCUT2D eigenvalue weighted by molar-refractivity contribution is -0.870. The summed E-state index contributed by atoms with van der Waals surface area (Å²) in [6.07, 6.45) is 23.1. The van der Waals surface area contributed by atoms with Crippen LogP contribution in [0, 0.1) is 0 Å². The van der Waals surface area contributed by atoms with Crippen LogP contribution in [0.1, 0.15) is 110 Å². The highest BCUT2D eigenvalue weighted by molar-refractivity contribution is 6.71. The monoisotopic (exact) mass is 493 g/mol. The number of hydrogen-bond acceptors (Lipinski definition) is 1. The van der Waals surface area contributed by atoms with E-state index in [0.29, 0.717) is 0 Å². The Morgan fingerprint density at radius 1 is 0.655 bits per heavy atom. The average Bonchev–Trinajstić information content (AvgIpc) is 2.61. The molecular weight excluding hydrogens is 438 g/mol. The van der Waals surface area contributed by atoms with Gasteiger partial charge in [0, 0.05) is 6.61 Å². The first kappa shape index (κ1) is 31.8. The lowest BCUT2D eigenvalue weighted by Crippen LogP contribution is -3.00. The van der Waals surface area contributed by atoms with Gasteiger partial charge in [0.1, 0.15) is 0 Å². The van der Waals surface area contributed by atoms with E-state index < -0.39 is 8.32 Å². The van der Waals surface area contributed by atoms with E-state index in [1.165, 1.54) is 115 Å². The zero-order valence-corrected chi connectivity index (χ0v) is 23.8. The van der Waals surface area contributed by atoms with Crippen molar-refractivity contribution in [3.8, 4) is 0 Å². The third-order valence-electron chi connectivity index (χ3n) is 5.85. The van der Waals surface area contributed by atoms with Crippen LogP contribution in [-0.4, -0.2) is 47.1 Å². The molecule has 1 aliphatic heterocycles. The average molecular weight is 495 g/mol. The van der Waals surface area contributed by atoms with Crippen molar-refractivity contribution in [1.29, 1.82) is 0 Å². The minimum absolute atomic E-state index is 0. The van der Waals surface area contributed by atoms with Crippen molar-refractivity contribution in [2.45, 2.75) is 129 Å². The van der Waals surface area contributed by atoms with Gasteiger partial charge in [-0.1, -0.05) is 90.4 Å². The minimum atomic E-state index is -1.09. The Morgan fingerprint density at radius 2 is 1.07 bits per heavy atom. The molecule has 0 radical (unpaired) electrons. The van der Waals surface area contributed by atoms with E-state index in [1.54, 1.807) is 0 Å². The molecule has 0 bridgehead atoms. The van der Waals surface area contributed by atoms with E-state index in [2.05, 4.69) is 41.2 Å². The highest BCUT2D eigenvalue weighted by atomic mass is 79.9. The second kappa shape index (κ2) is 20.5. The van der Waals surface area contributed by atoms with Crippen LogP contribution >= 0.6 is 0 Å². The van der Waals surface area contributed by atoms with E-state index in [-0.39, 0.29) is 17.0 Å². The molecule has 1 aliphatic rings. The molecule has 0 unspecified atom stereocenters. The zero-order chi connectivity index (χ0) is 21.1. The van der Waals surface area contributed by atoms with E-state index in [1.807, 2.05) is 0 Å². The summed E-state index contributed by atoms with van der Waals surface area (Å²) in [4.78, 5) is 0. The minimum Gasteiger partial charge on any atom is -1.00 e. The molecule has 1 rings (SSSR count). The summed E-state index contributed by atoms with van der Waals surface area (Å²) in [5.41, 5.74) is 0. The smallest absolute Gasteiger partial charge is 0.186 e. The van der Waals surface area contributed by atoms with Crippen LogP contribution in [0.5, 0.6) is 0 Å². The first-order valence-electron chi connectivity index (χ1n) is 12.7. The lowest BCUT2D eigenvalue weighted by atomic mass is 10.0. The van der Waals surface area contributed by atoms with Crippen LogP contribution in [0.4, 0.5) is 0 Å². The molecule has 0 N–H and O–H groups in total. The van der Waals surface area contributed by atoms with Gasteiger partial charge in [-0.2, -0.15) is 0 Å². The molecule has 1 fully saturated rings. The molecule has 0 atom stereocenters. The summed E-state index contributed by atoms with van der Waals surface area (Å²) in [5, 5.41) is 0. The molecule has 29 heavy (non-hydrogen) atoms. The van der Waals surface area contributed by atoms with Gasteiger partial charge >= 0.3 is 0 Å². The predicted octanol–water partition coefficient (Wildman–Crippen LogP) is 5.18. The van der Waals surface area contributed by atoms with Crippen molar-refractivity contribution in [2.24, 2.45) is 0 Å². The molecule has 178 valence electrons. The molecule has 0 aromatic rings. The quantitative estimate of drug-likeness (QED) is 0.173. The van der Waals surface area contributed by atoms with Gasteiger partial charge in [-0.3, -0.25) is 0 Å². The molecule has 1 heterocycles. The Kier molecular flexibility index (Phi) is 22.5. The summed E-state index contributed by atoms with van der Waals surface area (Å²) < 4.78 is 6.73. The highest BCUT2D eigenvalue weighted by Gasteiger charge is 2.24. The molecular formula is C25H56BrNOSi. The summed E-state index contributed by atoms with van der Waals surface area (Å²) >= 11 is 0. The van der Waals surface area contributed by atoms with Gasteiger partial charge in [0.2, 0.25) is 0 Å². The maximum absolute atomic E-state index is 5.60. The van der Waals surface area contributed by atoms with Crippen molar-refractivity contribution < 1.29 is 25.9 Å². The fraction of sp³-hybridized carbons (Fsp3) is 1.00. The molecule has 0 amide bonds. The second-order valence-corrected chi connectivity index (χ2v) is 15.0. The van der Waals surface area contributed by atoms with E-state index in [0.717, 1.165) is 11.1 Å². The molecule has 0 saturated carbocycles. The Hall–Kier alpha value is 0.617. The molecule has 0 spiro atoms. The normalized spacial score (nSPS) is 15.9. The summed E-state index contributed by atoms with van der Waals surface area (Å²) in [6, 6.07) is 1.37.